The minimum absolute atomic E-state index is 0.0853. The minimum Gasteiger partial charge on any atom is -0.490 e. The first kappa shape index (κ1) is 19.4. The van der Waals surface area contributed by atoms with Gasteiger partial charge in [-0.25, -0.2) is 8.42 Å². The summed E-state index contributed by atoms with van der Waals surface area (Å²) in [5.74, 6) is -0.906. The van der Waals surface area contributed by atoms with E-state index in [9.17, 15) is 18.0 Å². The van der Waals surface area contributed by atoms with Gasteiger partial charge in [-0.05, 0) is 31.0 Å². The van der Waals surface area contributed by atoms with Crippen molar-refractivity contribution in [2.75, 3.05) is 24.6 Å². The number of ether oxygens (including phenoxy) is 2. The number of sulfonamides is 1. The molecule has 2 aliphatic rings. The standard InChI is InChI=1S/C17H22N2O7S/c1-19-13-5-4-11(8-16(20)21)26-15(13)9-25-14-6-3-10(18-27(2,23)24)7-12(14)17(19)22/h3,6-7,11,13,15,18H,4-5,8-9H2,1-2H3,(H,20,21)/t11-,13-,15-/m0/s1. The number of carboxylic acid groups (broad SMARTS) is 1. The third-order valence-corrected chi connectivity index (χ3v) is 5.32. The zero-order valence-corrected chi connectivity index (χ0v) is 15.9. The van der Waals surface area contributed by atoms with Gasteiger partial charge in [-0.2, -0.15) is 0 Å². The van der Waals surface area contributed by atoms with Gasteiger partial charge in [-0.3, -0.25) is 14.3 Å². The first-order valence-electron chi connectivity index (χ1n) is 8.53. The minimum atomic E-state index is -3.47. The van der Waals surface area contributed by atoms with Crippen LogP contribution in [0.25, 0.3) is 0 Å². The molecule has 0 aromatic heterocycles. The number of nitrogens with zero attached hydrogens (tertiary/aromatic N) is 1. The average Bonchev–Trinajstić information content (AvgIpc) is 2.56. The molecule has 10 heteroatoms. The summed E-state index contributed by atoms with van der Waals surface area (Å²) in [5.41, 5.74) is 0.539. The van der Waals surface area contributed by atoms with E-state index in [0.717, 1.165) is 6.26 Å². The first-order chi connectivity index (χ1) is 12.6. The van der Waals surface area contributed by atoms with E-state index in [-0.39, 0.29) is 36.2 Å². The van der Waals surface area contributed by atoms with Crippen molar-refractivity contribution in [3.8, 4) is 5.75 Å². The number of carboxylic acids is 1. The summed E-state index contributed by atoms with van der Waals surface area (Å²) in [6.45, 7) is 0.171. The fourth-order valence-corrected chi connectivity index (χ4v) is 4.05. The molecule has 0 radical (unpaired) electrons. The number of likely N-dealkylation sites (N-methyl/N-ethyl adjacent to an activating group) is 1. The van der Waals surface area contributed by atoms with Crippen molar-refractivity contribution in [2.45, 2.75) is 37.5 Å². The molecular formula is C17H22N2O7S. The van der Waals surface area contributed by atoms with Crippen LogP contribution < -0.4 is 9.46 Å². The maximum Gasteiger partial charge on any atom is 0.305 e. The van der Waals surface area contributed by atoms with Crippen LogP contribution in [0, 0.1) is 0 Å². The smallest absolute Gasteiger partial charge is 0.305 e. The molecule has 0 bridgehead atoms. The molecular weight excluding hydrogens is 376 g/mol. The van der Waals surface area contributed by atoms with Gasteiger partial charge in [0.1, 0.15) is 18.5 Å². The molecule has 2 N–H and O–H groups in total. The molecule has 1 aromatic rings. The van der Waals surface area contributed by atoms with Crippen LogP contribution in [-0.2, 0) is 19.6 Å². The Balaban J connectivity index is 1.86. The first-order valence-corrected chi connectivity index (χ1v) is 10.4. The summed E-state index contributed by atoms with van der Waals surface area (Å²) in [6.07, 6.45) is 1.25. The highest BCUT2D eigenvalue weighted by Crippen LogP contribution is 2.32. The Hall–Kier alpha value is -2.33. The van der Waals surface area contributed by atoms with Crippen molar-refractivity contribution in [3.63, 3.8) is 0 Å². The van der Waals surface area contributed by atoms with Crippen LogP contribution in [0.3, 0.4) is 0 Å². The normalized spacial score (nSPS) is 25.5. The lowest BCUT2D eigenvalue weighted by atomic mass is 9.95. The third-order valence-electron chi connectivity index (χ3n) is 4.72. The van der Waals surface area contributed by atoms with Gasteiger partial charge < -0.3 is 19.5 Å². The molecule has 0 aliphatic carbocycles. The summed E-state index contributed by atoms with van der Waals surface area (Å²) in [6, 6.07) is 4.25. The van der Waals surface area contributed by atoms with Crippen LogP contribution in [0.5, 0.6) is 5.75 Å². The zero-order valence-electron chi connectivity index (χ0n) is 15.0. The molecule has 0 unspecified atom stereocenters. The van der Waals surface area contributed by atoms with Crippen molar-refractivity contribution in [1.82, 2.24) is 4.90 Å². The molecule has 0 saturated carbocycles. The van der Waals surface area contributed by atoms with E-state index in [1.54, 1.807) is 11.9 Å². The van der Waals surface area contributed by atoms with Crippen LogP contribution in [0.15, 0.2) is 18.2 Å². The van der Waals surface area contributed by atoms with Gasteiger partial charge in [0.15, 0.2) is 0 Å². The van der Waals surface area contributed by atoms with Gasteiger partial charge in [0.25, 0.3) is 5.91 Å². The summed E-state index contributed by atoms with van der Waals surface area (Å²) in [5, 5.41) is 8.97. The number of hydrogen-bond donors (Lipinski definition) is 2. The molecule has 3 rings (SSSR count). The number of fused-ring (bicyclic) bond motifs is 2. The largest absolute Gasteiger partial charge is 0.490 e. The molecule has 3 atom stereocenters. The molecule has 0 spiro atoms. The maximum absolute atomic E-state index is 12.9. The molecule has 1 saturated heterocycles. The predicted octanol–water partition coefficient (Wildman–Crippen LogP) is 0.913. The quantitative estimate of drug-likeness (QED) is 0.773. The number of aliphatic carboxylic acids is 1. The highest BCUT2D eigenvalue weighted by Gasteiger charge is 2.39. The zero-order chi connectivity index (χ0) is 19.8. The molecule has 2 heterocycles. The van der Waals surface area contributed by atoms with E-state index in [1.165, 1.54) is 18.2 Å². The number of benzene rings is 1. The van der Waals surface area contributed by atoms with Crippen molar-refractivity contribution in [2.24, 2.45) is 0 Å². The van der Waals surface area contributed by atoms with Crippen molar-refractivity contribution in [3.05, 3.63) is 23.8 Å². The second kappa shape index (κ2) is 7.35. The van der Waals surface area contributed by atoms with Gasteiger partial charge in [0.05, 0.1) is 30.4 Å². The molecule has 1 aromatic carbocycles. The second-order valence-corrected chi connectivity index (χ2v) is 8.60. The lowest BCUT2D eigenvalue weighted by Gasteiger charge is -2.42. The number of rotatable bonds is 4. The van der Waals surface area contributed by atoms with Crippen LogP contribution in [0.1, 0.15) is 29.6 Å². The summed E-state index contributed by atoms with van der Waals surface area (Å²) >= 11 is 0. The number of nitrogens with one attached hydrogen (secondary N) is 1. The maximum atomic E-state index is 12.9. The molecule has 2 aliphatic heterocycles. The van der Waals surface area contributed by atoms with Gasteiger partial charge in [0.2, 0.25) is 10.0 Å². The predicted molar refractivity (Wildman–Crippen MR) is 96.4 cm³/mol. The number of anilines is 1. The van der Waals surface area contributed by atoms with Crippen molar-refractivity contribution >= 4 is 27.6 Å². The fourth-order valence-electron chi connectivity index (χ4n) is 3.50. The number of amides is 1. The van der Waals surface area contributed by atoms with Crippen molar-refractivity contribution < 1.29 is 32.6 Å². The Morgan fingerprint density at radius 2 is 2.11 bits per heavy atom. The van der Waals surface area contributed by atoms with Gasteiger partial charge in [0, 0.05) is 12.7 Å². The SMILES string of the molecule is CN1C(=O)c2cc(NS(C)(=O)=O)ccc2OC[C@@H]2O[C@H](CC(=O)O)CC[C@@H]21. The molecule has 9 nitrogen and oxygen atoms in total. The van der Waals surface area contributed by atoms with Crippen molar-refractivity contribution in [1.29, 1.82) is 0 Å². The highest BCUT2D eigenvalue weighted by molar-refractivity contribution is 7.92. The van der Waals surface area contributed by atoms with E-state index in [4.69, 9.17) is 14.6 Å². The summed E-state index contributed by atoms with van der Waals surface area (Å²) in [7, 11) is -1.81. The monoisotopic (exact) mass is 398 g/mol. The van der Waals surface area contributed by atoms with E-state index < -0.39 is 28.2 Å². The lowest BCUT2D eigenvalue weighted by molar-refractivity contribution is -0.148. The van der Waals surface area contributed by atoms with Gasteiger partial charge in [-0.15, -0.1) is 0 Å². The van der Waals surface area contributed by atoms with E-state index >= 15 is 0 Å². The van der Waals surface area contributed by atoms with Crippen LogP contribution in [0.2, 0.25) is 0 Å². The fraction of sp³-hybridized carbons (Fsp3) is 0.529. The summed E-state index contributed by atoms with van der Waals surface area (Å²) < 4.78 is 36.8. The number of hydrogen-bond acceptors (Lipinski definition) is 6. The van der Waals surface area contributed by atoms with Crippen LogP contribution >= 0.6 is 0 Å². The average molecular weight is 398 g/mol. The second-order valence-electron chi connectivity index (χ2n) is 6.85. The Morgan fingerprint density at radius 1 is 1.37 bits per heavy atom. The Morgan fingerprint density at radius 3 is 2.78 bits per heavy atom. The third kappa shape index (κ3) is 4.51. The molecule has 148 valence electrons. The van der Waals surface area contributed by atoms with Gasteiger partial charge >= 0.3 is 5.97 Å². The lowest BCUT2D eigenvalue weighted by Crippen LogP contribution is -2.53. The van der Waals surface area contributed by atoms with Crippen LogP contribution in [0.4, 0.5) is 5.69 Å². The molecule has 1 amide bonds. The topological polar surface area (TPSA) is 122 Å². The van der Waals surface area contributed by atoms with E-state index in [1.807, 2.05) is 0 Å². The highest BCUT2D eigenvalue weighted by atomic mass is 32.2. The molecule has 1 fully saturated rings. The number of carbonyl (C=O) groups is 2. The van der Waals surface area contributed by atoms with E-state index in [2.05, 4.69) is 4.72 Å². The Labute approximate surface area is 157 Å². The Kier molecular flexibility index (Phi) is 5.29. The Bertz CT molecular complexity index is 855. The van der Waals surface area contributed by atoms with Gasteiger partial charge in [-0.1, -0.05) is 0 Å². The van der Waals surface area contributed by atoms with E-state index in [0.29, 0.717) is 18.6 Å². The number of carbonyl (C=O) groups excluding carboxylic acids is 1. The summed E-state index contributed by atoms with van der Waals surface area (Å²) in [4.78, 5) is 25.4. The molecule has 27 heavy (non-hydrogen) atoms. The van der Waals surface area contributed by atoms with Crippen LogP contribution in [-0.4, -0.2) is 68.5 Å².